The highest BCUT2D eigenvalue weighted by Crippen LogP contribution is 2.35. The van der Waals surface area contributed by atoms with E-state index < -0.39 is 0 Å². The molecule has 13 heavy (non-hydrogen) atoms. The summed E-state index contributed by atoms with van der Waals surface area (Å²) in [5, 5.41) is 11.5. The maximum Gasteiger partial charge on any atom is 0.124 e. The minimum absolute atomic E-state index is 0.297. The van der Waals surface area contributed by atoms with Gasteiger partial charge in [0, 0.05) is 19.7 Å². The maximum atomic E-state index is 9.63. The average Bonchev–Trinajstić information content (AvgIpc) is 2.12. The van der Waals surface area contributed by atoms with E-state index in [2.05, 4.69) is 31.9 Å². The lowest BCUT2D eigenvalue weighted by atomic mass is 10.1. The quantitative estimate of drug-likeness (QED) is 0.778. The average molecular weight is 302 g/mol. The van der Waals surface area contributed by atoms with Crippen molar-refractivity contribution in [2.24, 2.45) is 0 Å². The SMILES string of the molecule is Oc1cccc2c(Br)ccc(Br)c12. The van der Waals surface area contributed by atoms with Crippen molar-refractivity contribution in [1.29, 1.82) is 0 Å². The van der Waals surface area contributed by atoms with Crippen LogP contribution in [0.5, 0.6) is 5.75 Å². The molecule has 1 nitrogen and oxygen atoms in total. The number of hydrogen-bond acceptors (Lipinski definition) is 1. The van der Waals surface area contributed by atoms with Crippen LogP contribution in [0.4, 0.5) is 0 Å². The van der Waals surface area contributed by atoms with E-state index in [9.17, 15) is 5.11 Å². The van der Waals surface area contributed by atoms with E-state index in [0.717, 1.165) is 19.7 Å². The van der Waals surface area contributed by atoms with Crippen molar-refractivity contribution < 1.29 is 5.11 Å². The summed E-state index contributed by atoms with van der Waals surface area (Å²) in [7, 11) is 0. The number of benzene rings is 2. The van der Waals surface area contributed by atoms with Gasteiger partial charge >= 0.3 is 0 Å². The fraction of sp³-hybridized carbons (Fsp3) is 0. The third-order valence-corrected chi connectivity index (χ3v) is 3.27. The Morgan fingerprint density at radius 1 is 0.923 bits per heavy atom. The summed E-state index contributed by atoms with van der Waals surface area (Å²) in [5.74, 6) is 0.297. The first-order valence-corrected chi connectivity index (χ1v) is 5.34. The maximum absolute atomic E-state index is 9.63. The van der Waals surface area contributed by atoms with Crippen molar-refractivity contribution in [2.45, 2.75) is 0 Å². The lowest BCUT2D eigenvalue weighted by Crippen LogP contribution is -1.77. The molecule has 3 heteroatoms. The Balaban J connectivity index is 3.00. The van der Waals surface area contributed by atoms with E-state index in [1.54, 1.807) is 6.07 Å². The van der Waals surface area contributed by atoms with Crippen LogP contribution in [-0.4, -0.2) is 5.11 Å². The highest BCUT2D eigenvalue weighted by Gasteiger charge is 2.05. The van der Waals surface area contributed by atoms with Gasteiger partial charge < -0.3 is 5.11 Å². The Hall–Kier alpha value is -0.540. The summed E-state index contributed by atoms with van der Waals surface area (Å²) < 4.78 is 1.89. The van der Waals surface area contributed by atoms with Crippen molar-refractivity contribution in [3.05, 3.63) is 39.3 Å². The molecule has 2 aromatic carbocycles. The van der Waals surface area contributed by atoms with Crippen LogP contribution in [0.1, 0.15) is 0 Å². The molecular weight excluding hydrogens is 296 g/mol. The molecule has 0 amide bonds. The van der Waals surface area contributed by atoms with Gasteiger partial charge in [-0.05, 0) is 18.2 Å². The van der Waals surface area contributed by atoms with Gasteiger partial charge in [0.15, 0.2) is 0 Å². The van der Waals surface area contributed by atoms with Gasteiger partial charge in [0.25, 0.3) is 0 Å². The topological polar surface area (TPSA) is 20.2 Å². The van der Waals surface area contributed by atoms with Crippen molar-refractivity contribution >= 4 is 42.6 Å². The summed E-state index contributed by atoms with van der Waals surface area (Å²) in [6, 6.07) is 9.33. The summed E-state index contributed by atoms with van der Waals surface area (Å²) >= 11 is 6.83. The lowest BCUT2D eigenvalue weighted by Gasteiger charge is -2.04. The Morgan fingerprint density at radius 2 is 1.62 bits per heavy atom. The summed E-state index contributed by atoms with van der Waals surface area (Å²) in [6.07, 6.45) is 0. The second kappa shape index (κ2) is 3.31. The Kier molecular flexibility index (Phi) is 2.30. The second-order valence-electron chi connectivity index (χ2n) is 2.73. The van der Waals surface area contributed by atoms with Crippen LogP contribution >= 0.6 is 31.9 Å². The summed E-state index contributed by atoms with van der Waals surface area (Å²) in [5.41, 5.74) is 0. The zero-order valence-electron chi connectivity index (χ0n) is 6.59. The highest BCUT2D eigenvalue weighted by molar-refractivity contribution is 9.11. The zero-order chi connectivity index (χ0) is 9.42. The molecule has 0 heterocycles. The molecule has 0 aromatic heterocycles. The van der Waals surface area contributed by atoms with Gasteiger partial charge in [0.1, 0.15) is 5.75 Å². The van der Waals surface area contributed by atoms with Gasteiger partial charge in [-0.1, -0.05) is 44.0 Å². The molecule has 0 fully saturated rings. The molecule has 0 aliphatic carbocycles. The first-order valence-electron chi connectivity index (χ1n) is 3.76. The van der Waals surface area contributed by atoms with Gasteiger partial charge in [0.2, 0.25) is 0 Å². The fourth-order valence-corrected chi connectivity index (χ4v) is 2.32. The number of phenols is 1. The largest absolute Gasteiger partial charge is 0.507 e. The van der Waals surface area contributed by atoms with Crippen LogP contribution in [0.25, 0.3) is 10.8 Å². The number of hydrogen-bond donors (Lipinski definition) is 1. The van der Waals surface area contributed by atoms with Crippen LogP contribution in [0, 0.1) is 0 Å². The van der Waals surface area contributed by atoms with Gasteiger partial charge in [-0.3, -0.25) is 0 Å². The predicted octanol–water partition coefficient (Wildman–Crippen LogP) is 4.07. The third-order valence-electron chi connectivity index (χ3n) is 1.91. The second-order valence-corrected chi connectivity index (χ2v) is 4.44. The fourth-order valence-electron chi connectivity index (χ4n) is 1.31. The van der Waals surface area contributed by atoms with Crippen LogP contribution in [0.3, 0.4) is 0 Å². The molecule has 2 rings (SSSR count). The molecule has 0 spiro atoms. The van der Waals surface area contributed by atoms with E-state index in [-0.39, 0.29) is 0 Å². The molecule has 0 bridgehead atoms. The Bertz CT molecular complexity index is 457. The van der Waals surface area contributed by atoms with Gasteiger partial charge in [0.05, 0.1) is 0 Å². The zero-order valence-corrected chi connectivity index (χ0v) is 9.76. The van der Waals surface area contributed by atoms with Crippen LogP contribution < -0.4 is 0 Å². The summed E-state index contributed by atoms with van der Waals surface area (Å²) in [4.78, 5) is 0. The first-order chi connectivity index (χ1) is 6.20. The molecular formula is C10H6Br2O. The molecule has 1 N–H and O–H groups in total. The van der Waals surface area contributed by atoms with Crippen molar-refractivity contribution in [3.8, 4) is 5.75 Å². The van der Waals surface area contributed by atoms with Crippen molar-refractivity contribution in [3.63, 3.8) is 0 Å². The van der Waals surface area contributed by atoms with Crippen molar-refractivity contribution in [1.82, 2.24) is 0 Å². The van der Waals surface area contributed by atoms with Crippen LogP contribution in [0.2, 0.25) is 0 Å². The number of fused-ring (bicyclic) bond motifs is 1. The van der Waals surface area contributed by atoms with Crippen molar-refractivity contribution in [2.75, 3.05) is 0 Å². The molecule has 0 radical (unpaired) electrons. The number of aromatic hydroxyl groups is 1. The number of halogens is 2. The Labute approximate surface area is 92.6 Å². The lowest BCUT2D eigenvalue weighted by molar-refractivity contribution is 0.481. The van der Waals surface area contributed by atoms with E-state index in [1.165, 1.54) is 0 Å². The van der Waals surface area contributed by atoms with E-state index >= 15 is 0 Å². The van der Waals surface area contributed by atoms with E-state index in [1.807, 2.05) is 24.3 Å². The Morgan fingerprint density at radius 3 is 2.31 bits per heavy atom. The highest BCUT2D eigenvalue weighted by atomic mass is 79.9. The molecule has 0 aliphatic heterocycles. The summed E-state index contributed by atoms with van der Waals surface area (Å²) in [6.45, 7) is 0. The minimum Gasteiger partial charge on any atom is -0.507 e. The van der Waals surface area contributed by atoms with Crippen LogP contribution in [-0.2, 0) is 0 Å². The van der Waals surface area contributed by atoms with Gasteiger partial charge in [-0.2, -0.15) is 0 Å². The smallest absolute Gasteiger partial charge is 0.124 e. The molecule has 2 aromatic rings. The molecule has 0 saturated carbocycles. The molecule has 0 aliphatic rings. The number of rotatable bonds is 0. The standard InChI is InChI=1S/C10H6Br2O/c11-7-4-5-8(12)10-6(7)2-1-3-9(10)13/h1-5,13H. The predicted molar refractivity (Wildman–Crippen MR) is 61.0 cm³/mol. The van der Waals surface area contributed by atoms with E-state index in [4.69, 9.17) is 0 Å². The molecule has 0 atom stereocenters. The monoisotopic (exact) mass is 300 g/mol. The van der Waals surface area contributed by atoms with Gasteiger partial charge in [-0.15, -0.1) is 0 Å². The van der Waals surface area contributed by atoms with E-state index in [0.29, 0.717) is 5.75 Å². The molecule has 0 unspecified atom stereocenters. The number of phenolic OH excluding ortho intramolecular Hbond substituents is 1. The molecule has 0 saturated heterocycles. The third kappa shape index (κ3) is 1.46. The minimum atomic E-state index is 0.297. The van der Waals surface area contributed by atoms with Crippen LogP contribution in [0.15, 0.2) is 39.3 Å². The first kappa shape index (κ1) is 9.03. The molecule has 66 valence electrons. The normalized spacial score (nSPS) is 10.6. The van der Waals surface area contributed by atoms with Gasteiger partial charge in [-0.25, -0.2) is 0 Å².